The van der Waals surface area contributed by atoms with Gasteiger partial charge >= 0.3 is 0 Å². The SMILES string of the molecule is COc1ccc(Br)c(C(=O)Cc2cccc(Cl)c2Cl)c1. The Morgan fingerprint density at radius 3 is 2.70 bits per heavy atom. The minimum absolute atomic E-state index is 0.0556. The lowest BCUT2D eigenvalue weighted by molar-refractivity contribution is 0.0992. The van der Waals surface area contributed by atoms with E-state index >= 15 is 0 Å². The Bertz CT molecular complexity index is 656. The van der Waals surface area contributed by atoms with Crippen LogP contribution in [0.4, 0.5) is 0 Å². The van der Waals surface area contributed by atoms with Crippen molar-refractivity contribution in [3.8, 4) is 5.75 Å². The summed E-state index contributed by atoms with van der Waals surface area (Å²) >= 11 is 15.4. The molecule has 0 atom stereocenters. The number of halogens is 3. The van der Waals surface area contributed by atoms with Crippen molar-refractivity contribution in [3.05, 3.63) is 62.0 Å². The summed E-state index contributed by atoms with van der Waals surface area (Å²) in [7, 11) is 1.56. The van der Waals surface area contributed by atoms with E-state index in [1.165, 1.54) is 0 Å². The predicted molar refractivity (Wildman–Crippen MR) is 85.2 cm³/mol. The highest BCUT2D eigenvalue weighted by atomic mass is 79.9. The Morgan fingerprint density at radius 2 is 2.00 bits per heavy atom. The molecule has 0 saturated heterocycles. The molecule has 2 rings (SSSR count). The van der Waals surface area contributed by atoms with Crippen molar-refractivity contribution in [2.45, 2.75) is 6.42 Å². The van der Waals surface area contributed by atoms with Crippen LogP contribution in [0.2, 0.25) is 10.0 Å². The van der Waals surface area contributed by atoms with E-state index < -0.39 is 0 Å². The van der Waals surface area contributed by atoms with Crippen LogP contribution in [-0.4, -0.2) is 12.9 Å². The molecular weight excluding hydrogens is 363 g/mol. The number of carbonyl (C=O) groups excluding carboxylic acids is 1. The molecule has 5 heteroatoms. The van der Waals surface area contributed by atoms with Crippen LogP contribution >= 0.6 is 39.1 Å². The van der Waals surface area contributed by atoms with Crippen molar-refractivity contribution < 1.29 is 9.53 Å². The average Bonchev–Trinajstić information content (AvgIpc) is 2.44. The highest BCUT2D eigenvalue weighted by molar-refractivity contribution is 9.10. The molecule has 0 radical (unpaired) electrons. The Morgan fingerprint density at radius 1 is 1.25 bits per heavy atom. The first kappa shape index (κ1) is 15.4. The van der Waals surface area contributed by atoms with E-state index in [1.807, 2.05) is 0 Å². The summed E-state index contributed by atoms with van der Waals surface area (Å²) in [4.78, 5) is 12.4. The molecule has 20 heavy (non-hydrogen) atoms. The minimum atomic E-state index is -0.0556. The first-order valence-electron chi connectivity index (χ1n) is 5.82. The van der Waals surface area contributed by atoms with E-state index in [-0.39, 0.29) is 12.2 Å². The summed E-state index contributed by atoms with van der Waals surface area (Å²) in [5.74, 6) is 0.577. The smallest absolute Gasteiger partial charge is 0.168 e. The average molecular weight is 374 g/mol. The van der Waals surface area contributed by atoms with Crippen LogP contribution in [0.1, 0.15) is 15.9 Å². The fraction of sp³-hybridized carbons (Fsp3) is 0.133. The zero-order chi connectivity index (χ0) is 14.7. The number of methoxy groups -OCH3 is 1. The van der Waals surface area contributed by atoms with Gasteiger partial charge in [-0.15, -0.1) is 0 Å². The van der Waals surface area contributed by atoms with Crippen LogP contribution in [0.15, 0.2) is 40.9 Å². The van der Waals surface area contributed by atoms with Gasteiger partial charge in [-0.1, -0.05) is 51.3 Å². The molecule has 2 aromatic carbocycles. The van der Waals surface area contributed by atoms with Gasteiger partial charge in [0.15, 0.2) is 5.78 Å². The Hall–Kier alpha value is -1.03. The number of Topliss-reactive ketones (excluding diaryl/α,β-unsaturated/α-hetero) is 1. The molecule has 0 heterocycles. The van der Waals surface area contributed by atoms with Crippen LogP contribution < -0.4 is 4.74 Å². The molecule has 0 N–H and O–H groups in total. The molecule has 0 unspecified atom stereocenters. The van der Waals surface area contributed by atoms with Crippen LogP contribution in [0.3, 0.4) is 0 Å². The molecule has 0 bridgehead atoms. The first-order chi connectivity index (χ1) is 9.52. The van der Waals surface area contributed by atoms with Crippen molar-refractivity contribution in [1.29, 1.82) is 0 Å². The standard InChI is InChI=1S/C15H11BrCl2O2/c1-20-10-5-6-12(16)11(8-10)14(19)7-9-3-2-4-13(17)15(9)18/h2-6,8H,7H2,1H3. The van der Waals surface area contributed by atoms with E-state index in [2.05, 4.69) is 15.9 Å². The third-order valence-electron chi connectivity index (χ3n) is 2.86. The van der Waals surface area contributed by atoms with Crippen LogP contribution in [0, 0.1) is 0 Å². The number of hydrogen-bond acceptors (Lipinski definition) is 2. The van der Waals surface area contributed by atoms with Gasteiger partial charge in [0.25, 0.3) is 0 Å². The fourth-order valence-electron chi connectivity index (χ4n) is 1.80. The molecule has 0 amide bonds. The van der Waals surface area contributed by atoms with E-state index in [9.17, 15) is 4.79 Å². The Balaban J connectivity index is 2.30. The maximum Gasteiger partial charge on any atom is 0.168 e. The number of carbonyl (C=O) groups is 1. The van der Waals surface area contributed by atoms with Gasteiger partial charge in [-0.25, -0.2) is 0 Å². The molecule has 104 valence electrons. The van der Waals surface area contributed by atoms with Crippen LogP contribution in [-0.2, 0) is 6.42 Å². The minimum Gasteiger partial charge on any atom is -0.497 e. The quantitative estimate of drug-likeness (QED) is 0.689. The van der Waals surface area contributed by atoms with Crippen LogP contribution in [0.25, 0.3) is 0 Å². The van der Waals surface area contributed by atoms with Crippen molar-refractivity contribution in [2.75, 3.05) is 7.11 Å². The molecule has 0 aliphatic heterocycles. The van der Waals surface area contributed by atoms with Crippen molar-refractivity contribution in [2.24, 2.45) is 0 Å². The van der Waals surface area contributed by atoms with Gasteiger partial charge in [0.1, 0.15) is 5.75 Å². The van der Waals surface area contributed by atoms with Gasteiger partial charge in [-0.3, -0.25) is 4.79 Å². The summed E-state index contributed by atoms with van der Waals surface area (Å²) < 4.78 is 5.86. The number of hydrogen-bond donors (Lipinski definition) is 0. The zero-order valence-corrected chi connectivity index (χ0v) is 13.7. The number of benzene rings is 2. The van der Waals surface area contributed by atoms with E-state index in [1.54, 1.807) is 43.5 Å². The Labute approximate surface area is 135 Å². The fourth-order valence-corrected chi connectivity index (χ4v) is 2.65. The maximum atomic E-state index is 12.4. The first-order valence-corrected chi connectivity index (χ1v) is 7.37. The van der Waals surface area contributed by atoms with Gasteiger partial charge in [-0.05, 0) is 29.8 Å². The molecule has 0 aliphatic rings. The second-order valence-electron chi connectivity index (χ2n) is 4.16. The van der Waals surface area contributed by atoms with Crippen molar-refractivity contribution >= 4 is 44.9 Å². The predicted octanol–water partition coefficient (Wildman–Crippen LogP) is 5.19. The molecule has 2 aromatic rings. The third-order valence-corrected chi connectivity index (χ3v) is 4.41. The second kappa shape index (κ2) is 6.61. The maximum absolute atomic E-state index is 12.4. The molecule has 0 aromatic heterocycles. The monoisotopic (exact) mass is 372 g/mol. The summed E-state index contributed by atoms with van der Waals surface area (Å²) in [5.41, 5.74) is 1.26. The third kappa shape index (κ3) is 3.35. The summed E-state index contributed by atoms with van der Waals surface area (Å²) in [6, 6.07) is 10.5. The highest BCUT2D eigenvalue weighted by Crippen LogP contribution is 2.28. The highest BCUT2D eigenvalue weighted by Gasteiger charge is 2.14. The van der Waals surface area contributed by atoms with Gasteiger partial charge in [0.2, 0.25) is 0 Å². The normalized spacial score (nSPS) is 10.4. The van der Waals surface area contributed by atoms with Gasteiger partial charge in [-0.2, -0.15) is 0 Å². The molecule has 0 spiro atoms. The largest absolute Gasteiger partial charge is 0.497 e. The number of rotatable bonds is 4. The number of ketones is 1. The second-order valence-corrected chi connectivity index (χ2v) is 5.80. The van der Waals surface area contributed by atoms with E-state index in [4.69, 9.17) is 27.9 Å². The van der Waals surface area contributed by atoms with Gasteiger partial charge in [0.05, 0.1) is 17.2 Å². The van der Waals surface area contributed by atoms with Gasteiger partial charge in [0, 0.05) is 16.5 Å². The topological polar surface area (TPSA) is 26.3 Å². The number of ether oxygens (including phenoxy) is 1. The zero-order valence-electron chi connectivity index (χ0n) is 10.6. The van der Waals surface area contributed by atoms with Crippen LogP contribution in [0.5, 0.6) is 5.75 Å². The molecule has 2 nitrogen and oxygen atoms in total. The molecular formula is C15H11BrCl2O2. The van der Waals surface area contributed by atoms with Crippen molar-refractivity contribution in [3.63, 3.8) is 0 Å². The molecule has 0 aliphatic carbocycles. The lowest BCUT2D eigenvalue weighted by atomic mass is 10.0. The summed E-state index contributed by atoms with van der Waals surface area (Å²) in [5, 5.41) is 0.864. The molecule has 0 saturated carbocycles. The lowest BCUT2D eigenvalue weighted by Gasteiger charge is -2.08. The summed E-state index contributed by atoms with van der Waals surface area (Å²) in [6.45, 7) is 0. The van der Waals surface area contributed by atoms with Crippen molar-refractivity contribution in [1.82, 2.24) is 0 Å². The molecule has 0 fully saturated rings. The Kier molecular flexibility index (Phi) is 5.08. The lowest BCUT2D eigenvalue weighted by Crippen LogP contribution is -2.05. The summed E-state index contributed by atoms with van der Waals surface area (Å²) in [6.07, 6.45) is 0.186. The van der Waals surface area contributed by atoms with Gasteiger partial charge < -0.3 is 4.74 Å². The van der Waals surface area contributed by atoms with E-state index in [0.29, 0.717) is 26.9 Å². The van der Waals surface area contributed by atoms with E-state index in [0.717, 1.165) is 4.47 Å².